The molecule has 2 aliphatic rings. The summed E-state index contributed by atoms with van der Waals surface area (Å²) in [7, 11) is 0. The summed E-state index contributed by atoms with van der Waals surface area (Å²) in [6, 6.07) is 10.6. The van der Waals surface area contributed by atoms with E-state index in [0.717, 1.165) is 0 Å². The number of benzene rings is 1. The highest BCUT2D eigenvalue weighted by Crippen LogP contribution is 2.38. The van der Waals surface area contributed by atoms with E-state index in [-0.39, 0.29) is 0 Å². The molecule has 0 aliphatic carbocycles. The Balaban J connectivity index is 1.94. The second-order valence-electron chi connectivity index (χ2n) is 5.66. The van der Waals surface area contributed by atoms with Crippen molar-refractivity contribution < 1.29 is 0 Å². The lowest BCUT2D eigenvalue weighted by Gasteiger charge is -2.50. The number of para-hydroxylation sites is 1. The lowest BCUT2D eigenvalue weighted by molar-refractivity contribution is 0.271. The molecule has 2 aliphatic heterocycles. The Morgan fingerprint density at radius 1 is 1.12 bits per heavy atom. The summed E-state index contributed by atoms with van der Waals surface area (Å²) in [6.45, 7) is 2.22. The van der Waals surface area contributed by atoms with E-state index in [2.05, 4.69) is 36.1 Å². The molecule has 2 N–H and O–H groups in total. The van der Waals surface area contributed by atoms with Crippen LogP contribution in [0.5, 0.6) is 0 Å². The van der Waals surface area contributed by atoms with Crippen molar-refractivity contribution in [2.24, 2.45) is 5.73 Å². The molecule has 2 atom stereocenters. The fourth-order valence-electron chi connectivity index (χ4n) is 3.67. The summed E-state index contributed by atoms with van der Waals surface area (Å²) in [4.78, 5) is 2.67. The van der Waals surface area contributed by atoms with Crippen LogP contribution in [0.4, 0.5) is 5.69 Å². The summed E-state index contributed by atoms with van der Waals surface area (Å²) in [5.74, 6) is 0. The largest absolute Gasteiger partial charge is 0.365 e. The molecule has 0 aromatic heterocycles. The molecule has 2 bridgehead atoms. The Kier molecular flexibility index (Phi) is 2.83. The zero-order valence-electron chi connectivity index (χ0n) is 10.6. The Bertz CT molecular complexity index is 388. The number of hydrogen-bond donors (Lipinski definition) is 1. The average Bonchev–Trinajstić information content (AvgIpc) is 2.29. The number of piperidine rings is 2. The fraction of sp³-hybridized carbons (Fsp3) is 0.600. The molecule has 0 spiro atoms. The van der Waals surface area contributed by atoms with E-state index in [9.17, 15) is 0 Å². The van der Waals surface area contributed by atoms with Gasteiger partial charge in [0, 0.05) is 23.8 Å². The molecule has 2 saturated heterocycles. The normalized spacial score (nSPS) is 32.6. The van der Waals surface area contributed by atoms with Crippen LogP contribution in [0, 0.1) is 6.92 Å². The van der Waals surface area contributed by atoms with Crippen molar-refractivity contribution in [3.05, 3.63) is 29.8 Å². The van der Waals surface area contributed by atoms with Gasteiger partial charge in [0.05, 0.1) is 0 Å². The van der Waals surface area contributed by atoms with Crippen molar-refractivity contribution in [3.63, 3.8) is 0 Å². The number of fused-ring (bicyclic) bond motifs is 2. The maximum atomic E-state index is 6.18. The smallest absolute Gasteiger partial charge is 0.0400 e. The Hall–Kier alpha value is -1.02. The SMILES string of the molecule is Cc1ccccc1N1C2CCCC1CC(N)C2. The average molecular weight is 230 g/mol. The van der Waals surface area contributed by atoms with Crippen molar-refractivity contribution in [1.82, 2.24) is 0 Å². The van der Waals surface area contributed by atoms with Gasteiger partial charge in [0.15, 0.2) is 0 Å². The minimum Gasteiger partial charge on any atom is -0.365 e. The predicted octanol–water partition coefficient (Wildman–Crippen LogP) is 2.84. The van der Waals surface area contributed by atoms with Crippen LogP contribution in [0.3, 0.4) is 0 Å². The van der Waals surface area contributed by atoms with Gasteiger partial charge in [-0.2, -0.15) is 0 Å². The van der Waals surface area contributed by atoms with Crippen molar-refractivity contribution in [1.29, 1.82) is 0 Å². The summed E-state index contributed by atoms with van der Waals surface area (Å²) in [5.41, 5.74) is 9.02. The van der Waals surface area contributed by atoms with Gasteiger partial charge < -0.3 is 10.6 Å². The first kappa shape index (κ1) is 11.1. The first-order valence-corrected chi connectivity index (χ1v) is 6.85. The van der Waals surface area contributed by atoms with E-state index in [1.54, 1.807) is 0 Å². The molecule has 2 heteroatoms. The van der Waals surface area contributed by atoms with Crippen LogP contribution < -0.4 is 10.6 Å². The number of aryl methyl sites for hydroxylation is 1. The second-order valence-corrected chi connectivity index (χ2v) is 5.66. The third-order valence-corrected chi connectivity index (χ3v) is 4.40. The van der Waals surface area contributed by atoms with Crippen LogP contribution in [0.2, 0.25) is 0 Å². The van der Waals surface area contributed by atoms with Crippen LogP contribution in [0.1, 0.15) is 37.7 Å². The highest BCUT2D eigenvalue weighted by Gasteiger charge is 2.37. The Morgan fingerprint density at radius 2 is 1.76 bits per heavy atom. The molecule has 2 nitrogen and oxygen atoms in total. The van der Waals surface area contributed by atoms with E-state index < -0.39 is 0 Å². The lowest BCUT2D eigenvalue weighted by Crippen LogP contribution is -2.55. The van der Waals surface area contributed by atoms with Crippen molar-refractivity contribution in [2.45, 2.75) is 57.2 Å². The molecule has 1 aromatic rings. The highest BCUT2D eigenvalue weighted by molar-refractivity contribution is 5.55. The summed E-state index contributed by atoms with van der Waals surface area (Å²) in [6.07, 6.45) is 6.36. The molecule has 1 aromatic carbocycles. The van der Waals surface area contributed by atoms with Crippen molar-refractivity contribution >= 4 is 5.69 Å². The van der Waals surface area contributed by atoms with E-state index in [1.807, 2.05) is 0 Å². The fourth-order valence-corrected chi connectivity index (χ4v) is 3.67. The lowest BCUT2D eigenvalue weighted by atomic mass is 9.81. The van der Waals surface area contributed by atoms with Gasteiger partial charge in [-0.15, -0.1) is 0 Å². The zero-order valence-corrected chi connectivity index (χ0v) is 10.6. The Morgan fingerprint density at radius 3 is 2.41 bits per heavy atom. The Labute approximate surface area is 104 Å². The monoisotopic (exact) mass is 230 g/mol. The molecule has 92 valence electrons. The summed E-state index contributed by atoms with van der Waals surface area (Å²) in [5, 5.41) is 0. The first-order chi connectivity index (χ1) is 8.25. The van der Waals surface area contributed by atoms with Gasteiger partial charge in [0.2, 0.25) is 0 Å². The van der Waals surface area contributed by atoms with Gasteiger partial charge in [-0.3, -0.25) is 0 Å². The van der Waals surface area contributed by atoms with E-state index in [0.29, 0.717) is 18.1 Å². The number of hydrogen-bond acceptors (Lipinski definition) is 2. The predicted molar refractivity (Wildman–Crippen MR) is 72.3 cm³/mol. The highest BCUT2D eigenvalue weighted by atomic mass is 15.2. The maximum Gasteiger partial charge on any atom is 0.0400 e. The second kappa shape index (κ2) is 4.34. The first-order valence-electron chi connectivity index (χ1n) is 6.85. The van der Waals surface area contributed by atoms with Gasteiger partial charge in [-0.1, -0.05) is 18.2 Å². The van der Waals surface area contributed by atoms with E-state index in [1.165, 1.54) is 43.4 Å². The van der Waals surface area contributed by atoms with Gasteiger partial charge in [0.1, 0.15) is 0 Å². The van der Waals surface area contributed by atoms with Gasteiger partial charge in [-0.25, -0.2) is 0 Å². The van der Waals surface area contributed by atoms with Crippen LogP contribution in [0.25, 0.3) is 0 Å². The quantitative estimate of drug-likeness (QED) is 0.804. The summed E-state index contributed by atoms with van der Waals surface area (Å²) < 4.78 is 0. The third kappa shape index (κ3) is 1.95. The number of rotatable bonds is 1. The van der Waals surface area contributed by atoms with E-state index in [4.69, 9.17) is 5.73 Å². The molecule has 2 unspecified atom stereocenters. The number of nitrogens with two attached hydrogens (primary N) is 1. The van der Waals surface area contributed by atoms with Crippen molar-refractivity contribution in [3.8, 4) is 0 Å². The topological polar surface area (TPSA) is 29.3 Å². The van der Waals surface area contributed by atoms with Gasteiger partial charge >= 0.3 is 0 Å². The minimum absolute atomic E-state index is 0.422. The van der Waals surface area contributed by atoms with Crippen LogP contribution in [0.15, 0.2) is 24.3 Å². The van der Waals surface area contributed by atoms with E-state index >= 15 is 0 Å². The van der Waals surface area contributed by atoms with Crippen molar-refractivity contribution in [2.75, 3.05) is 4.90 Å². The van der Waals surface area contributed by atoms with Crippen LogP contribution in [-0.2, 0) is 0 Å². The van der Waals surface area contributed by atoms with Crippen LogP contribution >= 0.6 is 0 Å². The number of anilines is 1. The maximum absolute atomic E-state index is 6.18. The minimum atomic E-state index is 0.422. The molecule has 17 heavy (non-hydrogen) atoms. The third-order valence-electron chi connectivity index (χ3n) is 4.40. The molecule has 0 amide bonds. The molecular weight excluding hydrogens is 208 g/mol. The molecule has 2 fully saturated rings. The number of nitrogens with zero attached hydrogens (tertiary/aromatic N) is 1. The molecule has 0 radical (unpaired) electrons. The molecular formula is C15H22N2. The van der Waals surface area contributed by atoms with Crippen LogP contribution in [-0.4, -0.2) is 18.1 Å². The standard InChI is InChI=1S/C15H22N2/c1-11-5-2-3-8-15(11)17-13-6-4-7-14(17)10-12(16)9-13/h2-3,5,8,12-14H,4,6-7,9-10,16H2,1H3. The molecule has 3 rings (SSSR count). The zero-order chi connectivity index (χ0) is 11.8. The summed E-state index contributed by atoms with van der Waals surface area (Å²) >= 11 is 0. The molecule has 2 heterocycles. The molecule has 0 saturated carbocycles. The van der Waals surface area contributed by atoms with Gasteiger partial charge in [0.25, 0.3) is 0 Å². The van der Waals surface area contributed by atoms with Gasteiger partial charge in [-0.05, 0) is 50.7 Å².